The molecule has 0 aromatic heterocycles. The van der Waals surface area contributed by atoms with E-state index in [-0.39, 0.29) is 6.04 Å². The van der Waals surface area contributed by atoms with E-state index in [4.69, 9.17) is 0 Å². The number of nitrogens with zero attached hydrogens (tertiary/aromatic N) is 2. The molecule has 5 atom stereocenters. The Kier molecular flexibility index (Phi) is 9.12. The van der Waals surface area contributed by atoms with Gasteiger partial charge in [-0.25, -0.2) is 0 Å². The van der Waals surface area contributed by atoms with Crippen molar-refractivity contribution in [3.8, 4) is 0 Å². The second-order valence-corrected chi connectivity index (χ2v) is 11.3. The van der Waals surface area contributed by atoms with Crippen LogP contribution >= 0.6 is 0 Å². The largest absolute Gasteiger partial charge is 0.335 e. The van der Waals surface area contributed by atoms with Gasteiger partial charge in [-0.3, -0.25) is 4.90 Å². The maximum atomic E-state index is 4.20. The lowest BCUT2D eigenvalue weighted by Gasteiger charge is -2.45. The smallest absolute Gasteiger partial charge is 0.0531 e. The Bertz CT molecular complexity index is 937. The summed E-state index contributed by atoms with van der Waals surface area (Å²) in [6, 6.07) is 22.9. The average Bonchev–Trinajstić information content (AvgIpc) is 3.11. The first kappa shape index (κ1) is 26.7. The van der Waals surface area contributed by atoms with Crippen molar-refractivity contribution in [2.24, 2.45) is 11.8 Å². The van der Waals surface area contributed by atoms with Crippen molar-refractivity contribution in [1.82, 2.24) is 4.90 Å². The monoisotopic (exact) mass is 484 g/mol. The van der Waals surface area contributed by atoms with Gasteiger partial charge < -0.3 is 4.90 Å². The third kappa shape index (κ3) is 5.35. The van der Waals surface area contributed by atoms with Crippen LogP contribution in [0.4, 0.5) is 11.4 Å². The molecule has 0 radical (unpaired) electrons. The summed E-state index contributed by atoms with van der Waals surface area (Å²) in [4.78, 5) is 5.40. The van der Waals surface area contributed by atoms with E-state index in [0.717, 1.165) is 18.8 Å². The molecule has 0 spiro atoms. The van der Waals surface area contributed by atoms with E-state index in [0.29, 0.717) is 17.5 Å². The molecule has 2 aliphatic rings. The highest BCUT2D eigenvalue weighted by molar-refractivity contribution is 5.65. The molecule has 194 valence electrons. The second-order valence-electron chi connectivity index (χ2n) is 11.3. The molecule has 0 bridgehead atoms. The van der Waals surface area contributed by atoms with Crippen molar-refractivity contribution in [2.45, 2.75) is 96.2 Å². The van der Waals surface area contributed by atoms with Gasteiger partial charge in [-0.15, -0.1) is 0 Å². The summed E-state index contributed by atoms with van der Waals surface area (Å²) in [6.45, 7) is 11.4. The molecule has 2 aromatic rings. The number of benzene rings is 2. The molecule has 2 fully saturated rings. The Hall–Kier alpha value is -2.32. The zero-order valence-electron chi connectivity index (χ0n) is 23.2. The van der Waals surface area contributed by atoms with Gasteiger partial charge in [0.1, 0.15) is 0 Å². The van der Waals surface area contributed by atoms with E-state index >= 15 is 0 Å². The van der Waals surface area contributed by atoms with Crippen LogP contribution in [0, 0.1) is 11.8 Å². The molecule has 2 aromatic carbocycles. The summed E-state index contributed by atoms with van der Waals surface area (Å²) in [5.74, 6) is 1.47. The van der Waals surface area contributed by atoms with Gasteiger partial charge >= 0.3 is 0 Å². The van der Waals surface area contributed by atoms with Crippen molar-refractivity contribution < 1.29 is 0 Å². The summed E-state index contributed by atoms with van der Waals surface area (Å²) < 4.78 is 0. The number of hydrogen-bond acceptors (Lipinski definition) is 2. The van der Waals surface area contributed by atoms with Crippen LogP contribution in [0.5, 0.6) is 0 Å². The number of fused-ring (bicyclic) bond motifs is 1. The molecule has 4 rings (SSSR count). The zero-order chi connectivity index (χ0) is 25.5. The first-order valence-electron chi connectivity index (χ1n) is 14.5. The number of hydrogen-bond donors (Lipinski definition) is 0. The molecule has 0 N–H and O–H groups in total. The van der Waals surface area contributed by atoms with Gasteiger partial charge in [-0.2, -0.15) is 0 Å². The summed E-state index contributed by atoms with van der Waals surface area (Å²) in [5.41, 5.74) is 4.31. The minimum atomic E-state index is 0.287. The Morgan fingerprint density at radius 2 is 1.67 bits per heavy atom. The third-order valence-electron chi connectivity index (χ3n) is 9.32. The van der Waals surface area contributed by atoms with Crippen molar-refractivity contribution in [3.05, 3.63) is 85.0 Å². The van der Waals surface area contributed by atoms with Crippen LogP contribution in [0.1, 0.15) is 78.6 Å². The van der Waals surface area contributed by atoms with Gasteiger partial charge in [0.15, 0.2) is 0 Å². The maximum Gasteiger partial charge on any atom is 0.0531 e. The molecule has 1 saturated carbocycles. The summed E-state index contributed by atoms with van der Waals surface area (Å²) in [6.07, 6.45) is 16.2. The molecule has 1 saturated heterocycles. The number of likely N-dealkylation sites (tertiary alicyclic amines) is 1. The van der Waals surface area contributed by atoms with E-state index in [9.17, 15) is 0 Å². The van der Waals surface area contributed by atoms with Crippen LogP contribution in [0.15, 0.2) is 85.0 Å². The summed E-state index contributed by atoms with van der Waals surface area (Å²) in [7, 11) is 2.43. The summed E-state index contributed by atoms with van der Waals surface area (Å²) in [5, 5.41) is 0. The topological polar surface area (TPSA) is 6.48 Å². The molecule has 5 unspecified atom stereocenters. The molecule has 1 aliphatic carbocycles. The number of allylic oxidation sites excluding steroid dienone is 2. The third-order valence-corrected chi connectivity index (χ3v) is 9.32. The molecule has 0 amide bonds. The van der Waals surface area contributed by atoms with Crippen LogP contribution in [0.2, 0.25) is 0 Å². The minimum absolute atomic E-state index is 0.287. The highest BCUT2D eigenvalue weighted by Crippen LogP contribution is 2.54. The Balaban J connectivity index is 1.78. The number of anilines is 2. The quantitative estimate of drug-likeness (QED) is 0.293. The molecular formula is C34H48N2. The molecule has 1 aliphatic heterocycles. The molecule has 1 heterocycles. The Labute approximate surface area is 221 Å². The van der Waals surface area contributed by atoms with Crippen molar-refractivity contribution in [1.29, 1.82) is 0 Å². The van der Waals surface area contributed by atoms with Gasteiger partial charge in [0.05, 0.1) is 6.04 Å². The van der Waals surface area contributed by atoms with Gasteiger partial charge in [0.2, 0.25) is 0 Å². The first-order chi connectivity index (χ1) is 17.6. The number of para-hydroxylation sites is 2. The van der Waals surface area contributed by atoms with Crippen molar-refractivity contribution in [3.63, 3.8) is 0 Å². The van der Waals surface area contributed by atoms with Crippen LogP contribution in [-0.2, 0) is 0 Å². The Morgan fingerprint density at radius 1 is 1.03 bits per heavy atom. The molecular weight excluding hydrogens is 436 g/mol. The predicted octanol–water partition coefficient (Wildman–Crippen LogP) is 9.18. The fourth-order valence-corrected chi connectivity index (χ4v) is 7.64. The minimum Gasteiger partial charge on any atom is -0.335 e. The fraction of sp³-hybridized carbons (Fsp3) is 0.529. The summed E-state index contributed by atoms with van der Waals surface area (Å²) >= 11 is 0. The van der Waals surface area contributed by atoms with Gasteiger partial charge in [0.25, 0.3) is 0 Å². The Morgan fingerprint density at radius 3 is 2.22 bits per heavy atom. The maximum absolute atomic E-state index is 4.20. The van der Waals surface area contributed by atoms with Crippen LogP contribution in [0.25, 0.3) is 0 Å². The van der Waals surface area contributed by atoms with E-state index < -0.39 is 0 Å². The van der Waals surface area contributed by atoms with Gasteiger partial charge in [-0.1, -0.05) is 100 Å². The lowest BCUT2D eigenvalue weighted by molar-refractivity contribution is 0.0583. The standard InChI is InChI=1S/C34H48N2/c1-6-17-28(8-3)25-31(36(29-18-11-9-12-19-29)30-20-13-10-14-21-30)26-32-27(4)35(5)34(23-7-2)24-16-15-22-33(32)34/h8-14,18-21,25,27,31-33H,3,6-7,15-17,22-24,26H2,1-2,4-5H3. The van der Waals surface area contributed by atoms with E-state index in [1.165, 1.54) is 61.9 Å². The average molecular weight is 485 g/mol. The lowest BCUT2D eigenvalue weighted by Crippen LogP contribution is -2.49. The molecule has 36 heavy (non-hydrogen) atoms. The highest BCUT2D eigenvalue weighted by atomic mass is 15.2. The van der Waals surface area contributed by atoms with E-state index in [1.54, 1.807) is 0 Å². The SMILES string of the molecule is C=CC(=CC(CC1C(C)N(C)C2(CCC)CCCCC12)N(c1ccccc1)c1ccccc1)CCC. The van der Waals surface area contributed by atoms with Gasteiger partial charge in [0, 0.05) is 23.0 Å². The normalized spacial score (nSPS) is 27.4. The second kappa shape index (κ2) is 12.3. The molecule has 2 heteroatoms. The fourth-order valence-electron chi connectivity index (χ4n) is 7.64. The predicted molar refractivity (Wildman–Crippen MR) is 157 cm³/mol. The van der Waals surface area contributed by atoms with Crippen LogP contribution in [-0.4, -0.2) is 29.6 Å². The molecule has 2 nitrogen and oxygen atoms in total. The van der Waals surface area contributed by atoms with Crippen molar-refractivity contribution in [2.75, 3.05) is 11.9 Å². The van der Waals surface area contributed by atoms with Crippen molar-refractivity contribution >= 4 is 11.4 Å². The first-order valence-corrected chi connectivity index (χ1v) is 14.5. The van der Waals surface area contributed by atoms with E-state index in [1.807, 2.05) is 0 Å². The zero-order valence-corrected chi connectivity index (χ0v) is 23.2. The van der Waals surface area contributed by atoms with Gasteiger partial charge in [-0.05, 0) is 82.2 Å². The number of rotatable bonds is 11. The van der Waals surface area contributed by atoms with Crippen LogP contribution < -0.4 is 4.90 Å². The van der Waals surface area contributed by atoms with E-state index in [2.05, 4.69) is 117 Å². The lowest BCUT2D eigenvalue weighted by atomic mass is 9.66. The van der Waals surface area contributed by atoms with Crippen LogP contribution in [0.3, 0.4) is 0 Å². The highest BCUT2D eigenvalue weighted by Gasteiger charge is 2.55.